The van der Waals surface area contributed by atoms with Crippen molar-refractivity contribution in [3.05, 3.63) is 23.7 Å². The van der Waals surface area contributed by atoms with Crippen LogP contribution in [0.5, 0.6) is 0 Å². The number of rotatable bonds is 4. The van der Waals surface area contributed by atoms with E-state index in [9.17, 15) is 4.79 Å². The number of hydrogen-bond donors (Lipinski definition) is 1. The fraction of sp³-hybridized carbons (Fsp3) is 0.667. The molecule has 4 heteroatoms. The van der Waals surface area contributed by atoms with Crippen molar-refractivity contribution in [2.45, 2.75) is 46.2 Å². The van der Waals surface area contributed by atoms with Gasteiger partial charge in [-0.1, -0.05) is 0 Å². The summed E-state index contributed by atoms with van der Waals surface area (Å²) in [5.74, 6) is 2.12. The molecule has 2 heterocycles. The Morgan fingerprint density at radius 2 is 2.32 bits per heavy atom. The third kappa shape index (κ3) is 3.60. The number of carbonyl (C=O) groups is 1. The fourth-order valence-corrected chi connectivity index (χ4v) is 2.55. The minimum atomic E-state index is 0.118. The van der Waals surface area contributed by atoms with Crippen LogP contribution in [0.2, 0.25) is 0 Å². The number of hydrogen-bond acceptors (Lipinski definition) is 3. The monoisotopic (exact) mass is 264 g/mol. The molecule has 1 aromatic heterocycles. The highest BCUT2D eigenvalue weighted by molar-refractivity contribution is 5.79. The van der Waals surface area contributed by atoms with E-state index in [1.807, 2.05) is 24.0 Å². The van der Waals surface area contributed by atoms with E-state index < -0.39 is 0 Å². The number of furan rings is 1. The van der Waals surface area contributed by atoms with Gasteiger partial charge in [-0.15, -0.1) is 0 Å². The van der Waals surface area contributed by atoms with Crippen LogP contribution in [0, 0.1) is 12.8 Å². The van der Waals surface area contributed by atoms with Crippen LogP contribution in [0.3, 0.4) is 0 Å². The Bertz CT molecular complexity index is 420. The first kappa shape index (κ1) is 14.1. The van der Waals surface area contributed by atoms with Gasteiger partial charge < -0.3 is 14.6 Å². The van der Waals surface area contributed by atoms with Gasteiger partial charge in [0.05, 0.1) is 12.5 Å². The summed E-state index contributed by atoms with van der Waals surface area (Å²) in [5.41, 5.74) is 0. The Hall–Kier alpha value is -1.29. The first-order valence-corrected chi connectivity index (χ1v) is 7.14. The molecule has 1 aliphatic rings. The third-order valence-electron chi connectivity index (χ3n) is 3.67. The van der Waals surface area contributed by atoms with Gasteiger partial charge >= 0.3 is 0 Å². The zero-order valence-corrected chi connectivity index (χ0v) is 12.1. The van der Waals surface area contributed by atoms with Crippen LogP contribution in [0.15, 0.2) is 16.5 Å². The first-order chi connectivity index (χ1) is 9.08. The highest BCUT2D eigenvalue weighted by Gasteiger charge is 2.27. The maximum atomic E-state index is 12.6. The van der Waals surface area contributed by atoms with Crippen molar-refractivity contribution in [1.29, 1.82) is 0 Å². The van der Waals surface area contributed by atoms with Gasteiger partial charge in [0.1, 0.15) is 11.5 Å². The number of amides is 1. The van der Waals surface area contributed by atoms with E-state index in [-0.39, 0.29) is 17.9 Å². The predicted molar refractivity (Wildman–Crippen MR) is 74.7 cm³/mol. The lowest BCUT2D eigenvalue weighted by Gasteiger charge is -2.32. The molecule has 1 aliphatic heterocycles. The van der Waals surface area contributed by atoms with Crippen molar-refractivity contribution in [1.82, 2.24) is 10.2 Å². The van der Waals surface area contributed by atoms with Crippen LogP contribution in [0.25, 0.3) is 0 Å². The summed E-state index contributed by atoms with van der Waals surface area (Å²) in [6.45, 7) is 8.45. The SMILES string of the molecule is Cc1ccc(CN(C(=O)C2CCCNC2)C(C)C)o1. The van der Waals surface area contributed by atoms with Gasteiger partial charge in [-0.25, -0.2) is 0 Å². The second-order valence-electron chi connectivity index (χ2n) is 5.62. The van der Waals surface area contributed by atoms with Gasteiger partial charge in [-0.05, 0) is 52.3 Å². The lowest BCUT2D eigenvalue weighted by molar-refractivity contribution is -0.138. The molecular weight excluding hydrogens is 240 g/mol. The Morgan fingerprint density at radius 3 is 2.84 bits per heavy atom. The van der Waals surface area contributed by atoms with E-state index >= 15 is 0 Å². The number of piperidine rings is 1. The maximum absolute atomic E-state index is 12.6. The number of nitrogens with one attached hydrogen (secondary N) is 1. The van der Waals surface area contributed by atoms with E-state index in [0.29, 0.717) is 6.54 Å². The second kappa shape index (κ2) is 6.24. The average molecular weight is 264 g/mol. The van der Waals surface area contributed by atoms with Gasteiger partial charge in [0, 0.05) is 12.6 Å². The average Bonchev–Trinajstić information content (AvgIpc) is 2.81. The van der Waals surface area contributed by atoms with Crippen LogP contribution in [-0.2, 0) is 11.3 Å². The van der Waals surface area contributed by atoms with Crippen molar-refractivity contribution in [2.24, 2.45) is 5.92 Å². The van der Waals surface area contributed by atoms with Crippen LogP contribution < -0.4 is 5.32 Å². The number of carbonyl (C=O) groups excluding carboxylic acids is 1. The van der Waals surface area contributed by atoms with Gasteiger partial charge in [0.25, 0.3) is 0 Å². The van der Waals surface area contributed by atoms with Crippen molar-refractivity contribution in [3.63, 3.8) is 0 Å². The Kier molecular flexibility index (Phi) is 4.64. The Morgan fingerprint density at radius 1 is 1.53 bits per heavy atom. The molecule has 0 saturated carbocycles. The highest BCUT2D eigenvalue weighted by Crippen LogP contribution is 2.18. The summed E-state index contributed by atoms with van der Waals surface area (Å²) in [5, 5.41) is 3.31. The molecule has 106 valence electrons. The summed E-state index contributed by atoms with van der Waals surface area (Å²) >= 11 is 0. The molecule has 1 unspecified atom stereocenters. The molecule has 1 N–H and O–H groups in total. The minimum absolute atomic E-state index is 0.118. The van der Waals surface area contributed by atoms with Gasteiger partial charge in [-0.3, -0.25) is 4.79 Å². The normalized spacial score (nSPS) is 19.7. The molecule has 1 fully saturated rings. The van der Waals surface area contributed by atoms with Crippen LogP contribution in [0.4, 0.5) is 0 Å². The van der Waals surface area contributed by atoms with E-state index in [2.05, 4.69) is 19.2 Å². The van der Waals surface area contributed by atoms with Crippen molar-refractivity contribution in [2.75, 3.05) is 13.1 Å². The quantitative estimate of drug-likeness (QED) is 0.907. The van der Waals surface area contributed by atoms with Crippen molar-refractivity contribution < 1.29 is 9.21 Å². The lowest BCUT2D eigenvalue weighted by atomic mass is 9.97. The van der Waals surface area contributed by atoms with Gasteiger partial charge in [-0.2, -0.15) is 0 Å². The fourth-order valence-electron chi connectivity index (χ4n) is 2.55. The lowest BCUT2D eigenvalue weighted by Crippen LogP contribution is -2.45. The van der Waals surface area contributed by atoms with Crippen LogP contribution in [-0.4, -0.2) is 29.9 Å². The molecule has 1 aromatic rings. The second-order valence-corrected chi connectivity index (χ2v) is 5.62. The van der Waals surface area contributed by atoms with Gasteiger partial charge in [0.2, 0.25) is 5.91 Å². The van der Waals surface area contributed by atoms with Crippen LogP contribution in [0.1, 0.15) is 38.2 Å². The van der Waals surface area contributed by atoms with Crippen LogP contribution >= 0.6 is 0 Å². The zero-order chi connectivity index (χ0) is 13.8. The molecule has 1 saturated heterocycles. The summed E-state index contributed by atoms with van der Waals surface area (Å²) in [6, 6.07) is 4.09. The summed E-state index contributed by atoms with van der Waals surface area (Å²) in [7, 11) is 0. The maximum Gasteiger partial charge on any atom is 0.227 e. The van der Waals surface area contributed by atoms with E-state index in [1.54, 1.807) is 0 Å². The highest BCUT2D eigenvalue weighted by atomic mass is 16.3. The van der Waals surface area contributed by atoms with E-state index in [0.717, 1.165) is 37.5 Å². The molecule has 0 aliphatic carbocycles. The largest absolute Gasteiger partial charge is 0.464 e. The third-order valence-corrected chi connectivity index (χ3v) is 3.67. The van der Waals surface area contributed by atoms with Crippen molar-refractivity contribution in [3.8, 4) is 0 Å². The number of nitrogens with zero attached hydrogens (tertiary/aromatic N) is 1. The smallest absolute Gasteiger partial charge is 0.227 e. The Balaban J connectivity index is 2.04. The summed E-state index contributed by atoms with van der Waals surface area (Å²) < 4.78 is 5.59. The molecule has 0 spiro atoms. The first-order valence-electron chi connectivity index (χ1n) is 7.14. The summed E-state index contributed by atoms with van der Waals surface area (Å²) in [6.07, 6.45) is 2.08. The van der Waals surface area contributed by atoms with E-state index in [4.69, 9.17) is 4.42 Å². The minimum Gasteiger partial charge on any atom is -0.464 e. The predicted octanol–water partition coefficient (Wildman–Crippen LogP) is 2.32. The molecular formula is C15H24N2O2. The molecule has 0 bridgehead atoms. The molecule has 0 radical (unpaired) electrons. The molecule has 1 amide bonds. The van der Waals surface area contributed by atoms with Gasteiger partial charge in [0.15, 0.2) is 0 Å². The molecule has 19 heavy (non-hydrogen) atoms. The number of aryl methyl sites for hydroxylation is 1. The topological polar surface area (TPSA) is 45.5 Å². The molecule has 1 atom stereocenters. The van der Waals surface area contributed by atoms with Crippen molar-refractivity contribution >= 4 is 5.91 Å². The molecule has 4 nitrogen and oxygen atoms in total. The Labute approximate surface area is 115 Å². The molecule has 0 aromatic carbocycles. The summed E-state index contributed by atoms with van der Waals surface area (Å²) in [4.78, 5) is 14.5. The van der Waals surface area contributed by atoms with E-state index in [1.165, 1.54) is 0 Å². The molecule has 2 rings (SSSR count). The standard InChI is InChI=1S/C15H24N2O2/c1-11(2)17(10-14-7-6-12(3)19-14)15(18)13-5-4-8-16-9-13/h6-7,11,13,16H,4-5,8-10H2,1-3H3. The zero-order valence-electron chi connectivity index (χ0n) is 12.1.